The maximum atomic E-state index is 4.63. The van der Waals surface area contributed by atoms with Crippen LogP contribution in [0, 0.1) is 5.92 Å². The standard InChI is InChI=1S/C11H21N3S/c1-5-12-8-15-11(10-6-7-10)13-14(4)9(2)3/h8-10H,5-7H2,1-4H3/b12-8?,13-11-. The minimum absolute atomic E-state index is 0.461. The normalized spacial score (nSPS) is 17.8. The van der Waals surface area contributed by atoms with E-state index in [1.807, 2.05) is 24.5 Å². The number of rotatable bonds is 5. The summed E-state index contributed by atoms with van der Waals surface area (Å²) in [6.07, 6.45) is 2.58. The van der Waals surface area contributed by atoms with Crippen LogP contribution < -0.4 is 0 Å². The quantitative estimate of drug-likeness (QED) is 0.410. The lowest BCUT2D eigenvalue weighted by Gasteiger charge is -2.18. The van der Waals surface area contributed by atoms with Gasteiger partial charge in [0.05, 0.1) is 5.55 Å². The topological polar surface area (TPSA) is 28.0 Å². The molecule has 0 aromatic heterocycles. The van der Waals surface area contributed by atoms with Crippen LogP contribution in [0.25, 0.3) is 0 Å². The molecule has 0 atom stereocenters. The van der Waals surface area contributed by atoms with Crippen molar-refractivity contribution < 1.29 is 0 Å². The smallest absolute Gasteiger partial charge is 0.102 e. The van der Waals surface area contributed by atoms with Crippen LogP contribution in [0.2, 0.25) is 0 Å². The van der Waals surface area contributed by atoms with Gasteiger partial charge < -0.3 is 0 Å². The molecule has 3 nitrogen and oxygen atoms in total. The number of hydrazone groups is 1. The molecule has 86 valence electrons. The van der Waals surface area contributed by atoms with Crippen molar-refractivity contribution >= 4 is 22.4 Å². The van der Waals surface area contributed by atoms with E-state index in [-0.39, 0.29) is 0 Å². The van der Waals surface area contributed by atoms with Crippen molar-refractivity contribution in [1.82, 2.24) is 5.01 Å². The van der Waals surface area contributed by atoms with Gasteiger partial charge in [0.15, 0.2) is 0 Å². The van der Waals surface area contributed by atoms with Crippen LogP contribution in [0.3, 0.4) is 0 Å². The lowest BCUT2D eigenvalue weighted by atomic mass is 10.4. The summed E-state index contributed by atoms with van der Waals surface area (Å²) >= 11 is 1.68. The summed E-state index contributed by atoms with van der Waals surface area (Å²) in [5, 5.41) is 7.89. The van der Waals surface area contributed by atoms with E-state index < -0.39 is 0 Å². The van der Waals surface area contributed by atoms with Crippen LogP contribution in [-0.4, -0.2) is 35.2 Å². The van der Waals surface area contributed by atoms with Gasteiger partial charge in [-0.05, 0) is 33.6 Å². The maximum Gasteiger partial charge on any atom is 0.102 e. The average molecular weight is 227 g/mol. The van der Waals surface area contributed by atoms with Crippen LogP contribution >= 0.6 is 11.8 Å². The number of nitrogens with zero attached hydrogens (tertiary/aromatic N) is 3. The van der Waals surface area contributed by atoms with Crippen LogP contribution in [0.15, 0.2) is 10.1 Å². The third-order valence-corrected chi connectivity index (χ3v) is 3.27. The summed E-state index contributed by atoms with van der Waals surface area (Å²) in [7, 11) is 2.03. The van der Waals surface area contributed by atoms with E-state index in [9.17, 15) is 0 Å². The maximum absolute atomic E-state index is 4.63. The monoisotopic (exact) mass is 227 g/mol. The van der Waals surface area contributed by atoms with E-state index in [2.05, 4.69) is 23.9 Å². The lowest BCUT2D eigenvalue weighted by molar-refractivity contribution is 0.289. The van der Waals surface area contributed by atoms with Crippen molar-refractivity contribution in [3.8, 4) is 0 Å². The Morgan fingerprint density at radius 1 is 1.53 bits per heavy atom. The van der Waals surface area contributed by atoms with Crippen molar-refractivity contribution in [3.63, 3.8) is 0 Å². The van der Waals surface area contributed by atoms with Crippen molar-refractivity contribution in [2.24, 2.45) is 16.0 Å². The lowest BCUT2D eigenvalue weighted by Crippen LogP contribution is -2.22. The molecule has 0 spiro atoms. The molecule has 0 saturated heterocycles. The molecule has 1 aliphatic rings. The first-order valence-electron chi connectivity index (χ1n) is 5.61. The zero-order valence-electron chi connectivity index (χ0n) is 10.1. The van der Waals surface area contributed by atoms with Gasteiger partial charge >= 0.3 is 0 Å². The molecular formula is C11H21N3S. The van der Waals surface area contributed by atoms with Gasteiger partial charge in [-0.2, -0.15) is 5.10 Å². The summed E-state index contributed by atoms with van der Waals surface area (Å²) in [6.45, 7) is 7.20. The zero-order chi connectivity index (χ0) is 11.3. The van der Waals surface area contributed by atoms with Gasteiger partial charge in [0, 0.05) is 25.6 Å². The molecule has 0 bridgehead atoms. The van der Waals surface area contributed by atoms with Gasteiger partial charge in [-0.15, -0.1) is 0 Å². The van der Waals surface area contributed by atoms with Crippen molar-refractivity contribution in [2.45, 2.75) is 39.7 Å². The molecule has 0 radical (unpaired) electrons. The predicted octanol–water partition coefficient (Wildman–Crippen LogP) is 2.83. The average Bonchev–Trinajstić information content (AvgIpc) is 2.99. The second-order valence-electron chi connectivity index (χ2n) is 4.10. The summed E-state index contributed by atoms with van der Waals surface area (Å²) in [4.78, 5) is 4.21. The molecule has 1 aliphatic carbocycles. The second-order valence-corrected chi connectivity index (χ2v) is 4.97. The molecule has 1 saturated carbocycles. The third-order valence-electron chi connectivity index (χ3n) is 2.36. The molecular weight excluding hydrogens is 206 g/mol. The van der Waals surface area contributed by atoms with Crippen molar-refractivity contribution in [3.05, 3.63) is 0 Å². The molecule has 0 aliphatic heterocycles. The van der Waals surface area contributed by atoms with Crippen LogP contribution in [0.5, 0.6) is 0 Å². The largest absolute Gasteiger partial charge is 0.297 e. The van der Waals surface area contributed by atoms with Gasteiger partial charge in [0.2, 0.25) is 0 Å². The highest BCUT2D eigenvalue weighted by atomic mass is 32.2. The molecule has 0 aromatic carbocycles. The molecule has 1 fully saturated rings. The Morgan fingerprint density at radius 3 is 2.67 bits per heavy atom. The first-order chi connectivity index (χ1) is 7.15. The molecule has 15 heavy (non-hydrogen) atoms. The Morgan fingerprint density at radius 2 is 2.20 bits per heavy atom. The SMILES string of the molecule is CCN=CS/C(=N\N(C)C(C)C)C1CC1. The van der Waals surface area contributed by atoms with Crippen LogP contribution in [0.1, 0.15) is 33.6 Å². The summed E-state index contributed by atoms with van der Waals surface area (Å²) in [6, 6.07) is 0.461. The van der Waals surface area contributed by atoms with E-state index in [1.54, 1.807) is 11.8 Å². The Labute approximate surface area is 97.0 Å². The van der Waals surface area contributed by atoms with Crippen LogP contribution in [-0.2, 0) is 0 Å². The van der Waals surface area contributed by atoms with E-state index >= 15 is 0 Å². The highest BCUT2D eigenvalue weighted by Crippen LogP contribution is 2.34. The summed E-state index contributed by atoms with van der Waals surface area (Å²) < 4.78 is 0. The minimum atomic E-state index is 0.461. The molecule has 0 unspecified atom stereocenters. The molecule has 0 N–H and O–H groups in total. The molecule has 1 rings (SSSR count). The van der Waals surface area contributed by atoms with Gasteiger partial charge in [-0.1, -0.05) is 11.8 Å². The van der Waals surface area contributed by atoms with E-state index in [0.717, 1.165) is 6.54 Å². The Hall–Kier alpha value is -0.510. The van der Waals surface area contributed by atoms with Gasteiger partial charge in [-0.3, -0.25) is 10.0 Å². The van der Waals surface area contributed by atoms with E-state index in [0.29, 0.717) is 12.0 Å². The number of hydrogen-bond acceptors (Lipinski definition) is 4. The van der Waals surface area contributed by atoms with Gasteiger partial charge in [0.25, 0.3) is 0 Å². The molecule has 0 heterocycles. The third kappa shape index (κ3) is 4.69. The molecule has 0 amide bonds. The van der Waals surface area contributed by atoms with Crippen LogP contribution in [0.4, 0.5) is 0 Å². The fraction of sp³-hybridized carbons (Fsp3) is 0.818. The first-order valence-corrected chi connectivity index (χ1v) is 6.49. The number of thioether (sulfide) groups is 1. The Bertz CT molecular complexity index is 244. The van der Waals surface area contributed by atoms with E-state index in [4.69, 9.17) is 0 Å². The highest BCUT2D eigenvalue weighted by Gasteiger charge is 2.28. The highest BCUT2D eigenvalue weighted by molar-refractivity contribution is 8.25. The first kappa shape index (κ1) is 12.6. The van der Waals surface area contributed by atoms with Gasteiger partial charge in [0.1, 0.15) is 5.04 Å². The number of hydrogen-bond donors (Lipinski definition) is 0. The fourth-order valence-electron chi connectivity index (χ4n) is 0.968. The predicted molar refractivity (Wildman–Crippen MR) is 69.7 cm³/mol. The minimum Gasteiger partial charge on any atom is -0.297 e. The Balaban J connectivity index is 2.52. The second kappa shape index (κ2) is 6.16. The Kier molecular flexibility index (Phi) is 5.15. The molecule has 0 aromatic rings. The summed E-state index contributed by atoms with van der Waals surface area (Å²) in [5.74, 6) is 0.694. The van der Waals surface area contributed by atoms with Crippen molar-refractivity contribution in [1.29, 1.82) is 0 Å². The zero-order valence-corrected chi connectivity index (χ0v) is 10.9. The summed E-state index contributed by atoms with van der Waals surface area (Å²) in [5.41, 5.74) is 1.92. The van der Waals surface area contributed by atoms with Crippen molar-refractivity contribution in [2.75, 3.05) is 13.6 Å². The van der Waals surface area contributed by atoms with Gasteiger partial charge in [-0.25, -0.2) is 0 Å². The number of aliphatic imine (C=N–C) groups is 1. The van der Waals surface area contributed by atoms with E-state index in [1.165, 1.54) is 17.9 Å². The molecule has 4 heteroatoms. The fourth-order valence-corrected chi connectivity index (χ4v) is 1.90.